The van der Waals surface area contributed by atoms with Crippen molar-refractivity contribution in [2.75, 3.05) is 13.2 Å². The maximum Gasteiger partial charge on any atom is 0.404 e. The minimum absolute atomic E-state index is 0.0870. The van der Waals surface area contributed by atoms with Crippen LogP contribution in [0, 0.1) is 0 Å². The Morgan fingerprint density at radius 2 is 1.21 bits per heavy atom. The first-order valence-corrected chi connectivity index (χ1v) is 3.64. The van der Waals surface area contributed by atoms with Gasteiger partial charge in [0.25, 0.3) is 0 Å². The largest absolute Gasteiger partial charge is 0.445 e. The number of nitrogens with two attached hydrogens (primary N) is 2. The van der Waals surface area contributed by atoms with Crippen LogP contribution in [-0.2, 0) is 9.47 Å². The van der Waals surface area contributed by atoms with E-state index in [4.69, 9.17) is 11.5 Å². The van der Waals surface area contributed by atoms with E-state index < -0.39 is 12.2 Å². The third-order valence-corrected chi connectivity index (χ3v) is 1.28. The number of amides is 2. The Morgan fingerprint density at radius 1 is 0.929 bits per heavy atom. The van der Waals surface area contributed by atoms with Gasteiger partial charge in [0, 0.05) is 0 Å². The maximum absolute atomic E-state index is 10.2. The van der Waals surface area contributed by atoms with Gasteiger partial charge in [0.1, 0.15) is 13.2 Å². The highest BCUT2D eigenvalue weighted by Gasteiger charge is 2.04. The minimum Gasteiger partial charge on any atom is -0.445 e. The SMILES string of the molecule is C=C(COC(N)=O)C(=C)COC(N)=O. The molecule has 0 aliphatic rings. The molecule has 0 aliphatic heterocycles. The Balaban J connectivity index is 3.82. The van der Waals surface area contributed by atoms with Crippen molar-refractivity contribution in [3.63, 3.8) is 0 Å². The number of ether oxygens (including phenoxy) is 2. The number of hydrogen-bond donors (Lipinski definition) is 2. The van der Waals surface area contributed by atoms with E-state index in [1.807, 2.05) is 0 Å². The number of rotatable bonds is 5. The van der Waals surface area contributed by atoms with Gasteiger partial charge in [0.2, 0.25) is 0 Å². The molecule has 14 heavy (non-hydrogen) atoms. The third-order valence-electron chi connectivity index (χ3n) is 1.28. The van der Waals surface area contributed by atoms with Crippen molar-refractivity contribution in [3.8, 4) is 0 Å². The van der Waals surface area contributed by atoms with Gasteiger partial charge in [-0.1, -0.05) is 13.2 Å². The fourth-order valence-electron chi connectivity index (χ4n) is 0.521. The lowest BCUT2D eigenvalue weighted by Crippen LogP contribution is -2.18. The fourth-order valence-corrected chi connectivity index (χ4v) is 0.521. The second kappa shape index (κ2) is 5.63. The van der Waals surface area contributed by atoms with Gasteiger partial charge < -0.3 is 20.9 Å². The highest BCUT2D eigenvalue weighted by Crippen LogP contribution is 2.05. The zero-order chi connectivity index (χ0) is 11.1. The molecule has 0 saturated heterocycles. The van der Waals surface area contributed by atoms with Gasteiger partial charge in [-0.25, -0.2) is 9.59 Å². The molecule has 4 N–H and O–H groups in total. The van der Waals surface area contributed by atoms with E-state index in [1.165, 1.54) is 0 Å². The van der Waals surface area contributed by atoms with Crippen molar-refractivity contribution >= 4 is 12.2 Å². The quantitative estimate of drug-likeness (QED) is 0.622. The molecule has 0 radical (unpaired) electrons. The zero-order valence-corrected chi connectivity index (χ0v) is 7.62. The van der Waals surface area contributed by atoms with Gasteiger partial charge in [-0.3, -0.25) is 0 Å². The molecule has 0 saturated carbocycles. The minimum atomic E-state index is -0.908. The first-order valence-electron chi connectivity index (χ1n) is 3.64. The summed E-state index contributed by atoms with van der Waals surface area (Å²) >= 11 is 0. The summed E-state index contributed by atoms with van der Waals surface area (Å²) in [5, 5.41) is 0. The molecule has 0 spiro atoms. The van der Waals surface area contributed by atoms with Crippen LogP contribution in [0.5, 0.6) is 0 Å². The molecule has 78 valence electrons. The van der Waals surface area contributed by atoms with Gasteiger partial charge in [-0.05, 0) is 11.1 Å². The van der Waals surface area contributed by atoms with E-state index in [1.54, 1.807) is 0 Å². The van der Waals surface area contributed by atoms with Crippen LogP contribution in [0.3, 0.4) is 0 Å². The molecule has 0 rings (SSSR count). The normalized spacial score (nSPS) is 8.86. The van der Waals surface area contributed by atoms with Crippen LogP contribution < -0.4 is 11.5 Å². The summed E-state index contributed by atoms with van der Waals surface area (Å²) in [5.74, 6) is 0. The van der Waals surface area contributed by atoms with Gasteiger partial charge in [-0.2, -0.15) is 0 Å². The Kier molecular flexibility index (Phi) is 4.83. The van der Waals surface area contributed by atoms with E-state index in [0.717, 1.165) is 0 Å². The van der Waals surface area contributed by atoms with Crippen LogP contribution in [0.4, 0.5) is 9.59 Å². The van der Waals surface area contributed by atoms with Crippen molar-refractivity contribution < 1.29 is 19.1 Å². The molecule has 0 bridgehead atoms. The molecule has 6 heteroatoms. The van der Waals surface area contributed by atoms with E-state index >= 15 is 0 Å². The summed E-state index contributed by atoms with van der Waals surface area (Å²) in [6.07, 6.45) is -1.82. The highest BCUT2D eigenvalue weighted by atomic mass is 16.5. The van der Waals surface area contributed by atoms with E-state index in [9.17, 15) is 9.59 Å². The van der Waals surface area contributed by atoms with Crippen LogP contribution in [0.15, 0.2) is 24.3 Å². The van der Waals surface area contributed by atoms with Gasteiger partial charge in [0.05, 0.1) is 0 Å². The summed E-state index contributed by atoms with van der Waals surface area (Å²) < 4.78 is 8.88. The van der Waals surface area contributed by atoms with Gasteiger partial charge >= 0.3 is 12.2 Å². The Bertz CT molecular complexity index is 245. The van der Waals surface area contributed by atoms with Gasteiger partial charge in [-0.15, -0.1) is 0 Å². The summed E-state index contributed by atoms with van der Waals surface area (Å²) in [5.41, 5.74) is 10.3. The van der Waals surface area contributed by atoms with Crippen molar-refractivity contribution in [1.82, 2.24) is 0 Å². The fraction of sp³-hybridized carbons (Fsp3) is 0.250. The monoisotopic (exact) mass is 200 g/mol. The van der Waals surface area contributed by atoms with Crippen molar-refractivity contribution in [2.24, 2.45) is 11.5 Å². The first kappa shape index (κ1) is 12.0. The van der Waals surface area contributed by atoms with Crippen molar-refractivity contribution in [2.45, 2.75) is 0 Å². The highest BCUT2D eigenvalue weighted by molar-refractivity contribution is 5.65. The number of hydrogen-bond acceptors (Lipinski definition) is 4. The number of carbonyl (C=O) groups is 2. The van der Waals surface area contributed by atoms with Crippen LogP contribution in [0.1, 0.15) is 0 Å². The molecule has 6 nitrogen and oxygen atoms in total. The molecule has 0 aromatic rings. The number of primary amides is 2. The Morgan fingerprint density at radius 3 is 1.43 bits per heavy atom. The molecule has 0 aromatic heterocycles. The lowest BCUT2D eigenvalue weighted by atomic mass is 10.1. The van der Waals surface area contributed by atoms with Crippen LogP contribution in [0.25, 0.3) is 0 Å². The first-order chi connectivity index (χ1) is 6.43. The molecule has 0 atom stereocenters. The molecular weight excluding hydrogens is 188 g/mol. The molecule has 0 heterocycles. The summed E-state index contributed by atoms with van der Waals surface area (Å²) in [7, 11) is 0. The maximum atomic E-state index is 10.2. The average Bonchev–Trinajstić information content (AvgIpc) is 2.09. The second-order valence-electron chi connectivity index (χ2n) is 2.42. The molecule has 2 amide bonds. The van der Waals surface area contributed by atoms with E-state index in [-0.39, 0.29) is 13.2 Å². The predicted octanol–water partition coefficient (Wildman–Crippen LogP) is 0.289. The van der Waals surface area contributed by atoms with Crippen LogP contribution in [0.2, 0.25) is 0 Å². The number of carbonyl (C=O) groups excluding carboxylic acids is 2. The van der Waals surface area contributed by atoms with Crippen LogP contribution >= 0.6 is 0 Å². The summed E-state index contributed by atoms with van der Waals surface area (Å²) in [4.78, 5) is 20.4. The zero-order valence-electron chi connectivity index (χ0n) is 7.62. The molecule has 0 aromatic carbocycles. The van der Waals surface area contributed by atoms with Crippen molar-refractivity contribution in [1.29, 1.82) is 0 Å². The molecule has 0 aliphatic carbocycles. The Hall–Kier alpha value is -1.98. The van der Waals surface area contributed by atoms with E-state index in [0.29, 0.717) is 11.1 Å². The smallest absolute Gasteiger partial charge is 0.404 e. The molecule has 0 unspecified atom stereocenters. The lowest BCUT2D eigenvalue weighted by Gasteiger charge is -2.08. The molecule has 0 fully saturated rings. The topological polar surface area (TPSA) is 105 Å². The lowest BCUT2D eigenvalue weighted by molar-refractivity contribution is 0.160. The summed E-state index contributed by atoms with van der Waals surface area (Å²) in [6, 6.07) is 0. The standard InChI is InChI=1S/C8H12N2O4/c1-5(3-13-7(9)11)6(2)4-14-8(10)12/h1-4H2,(H2,9,11)(H2,10,12). The van der Waals surface area contributed by atoms with Gasteiger partial charge in [0.15, 0.2) is 0 Å². The Labute approximate surface area is 81.1 Å². The van der Waals surface area contributed by atoms with Crippen LogP contribution in [-0.4, -0.2) is 25.4 Å². The third kappa shape index (κ3) is 5.64. The average molecular weight is 200 g/mol. The predicted molar refractivity (Wildman–Crippen MR) is 49.4 cm³/mol. The van der Waals surface area contributed by atoms with Crippen molar-refractivity contribution in [3.05, 3.63) is 24.3 Å². The summed E-state index contributed by atoms with van der Waals surface area (Å²) in [6.45, 7) is 6.91. The van der Waals surface area contributed by atoms with E-state index in [2.05, 4.69) is 22.6 Å². The molecular formula is C8H12N2O4. The second-order valence-corrected chi connectivity index (χ2v) is 2.42.